The first kappa shape index (κ1) is 9.32. The van der Waals surface area contributed by atoms with Crippen molar-refractivity contribution in [2.45, 2.75) is 25.7 Å². The number of unbranched alkanes of at least 4 members (excludes halogenated alkanes) is 2. The van der Waals surface area contributed by atoms with Gasteiger partial charge >= 0.3 is 0 Å². The number of furan rings is 1. The van der Waals surface area contributed by atoms with Gasteiger partial charge in [0.05, 0.1) is 6.26 Å². The number of hydrogen-bond acceptors (Lipinski definition) is 1. The van der Waals surface area contributed by atoms with Gasteiger partial charge in [-0.3, -0.25) is 0 Å². The van der Waals surface area contributed by atoms with Crippen molar-refractivity contribution in [3.8, 4) is 0 Å². The number of rotatable bonds is 4. The molecule has 1 nitrogen and oxygen atoms in total. The molecule has 0 spiro atoms. The van der Waals surface area contributed by atoms with Gasteiger partial charge in [0, 0.05) is 17.2 Å². The maximum absolute atomic E-state index is 5.54. The van der Waals surface area contributed by atoms with E-state index in [4.69, 9.17) is 4.42 Å². The Morgan fingerprint density at radius 2 is 2.00 bits per heavy atom. The van der Waals surface area contributed by atoms with Crippen LogP contribution in [-0.4, -0.2) is 0 Å². The van der Waals surface area contributed by atoms with Crippen molar-refractivity contribution in [3.05, 3.63) is 43.2 Å². The van der Waals surface area contributed by atoms with Gasteiger partial charge in [0.2, 0.25) is 0 Å². The second-order valence-corrected chi connectivity index (χ2v) is 3.56. The van der Waals surface area contributed by atoms with Crippen LogP contribution in [-0.2, 0) is 6.42 Å². The molecule has 1 heteroatoms. The molecule has 0 amide bonds. The van der Waals surface area contributed by atoms with Gasteiger partial charge < -0.3 is 4.42 Å². The molecule has 2 aromatic rings. The van der Waals surface area contributed by atoms with Crippen molar-refractivity contribution in [1.29, 1.82) is 0 Å². The molecule has 0 bridgehead atoms. The fourth-order valence-electron chi connectivity index (χ4n) is 1.71. The van der Waals surface area contributed by atoms with E-state index in [0.717, 1.165) is 18.6 Å². The van der Waals surface area contributed by atoms with Crippen LogP contribution in [0.25, 0.3) is 10.8 Å². The van der Waals surface area contributed by atoms with Crippen LogP contribution >= 0.6 is 0 Å². The Kier molecular flexibility index (Phi) is 2.87. The molecule has 0 saturated heterocycles. The smallest absolute Gasteiger partial charge is 0.111 e. The summed E-state index contributed by atoms with van der Waals surface area (Å²) < 4.78 is 5.54. The highest BCUT2D eigenvalue weighted by Crippen LogP contribution is 2.22. The van der Waals surface area contributed by atoms with Crippen molar-refractivity contribution >= 4 is 10.8 Å². The number of benzene rings is 1. The van der Waals surface area contributed by atoms with Crippen LogP contribution in [0.4, 0.5) is 0 Å². The van der Waals surface area contributed by atoms with Crippen LogP contribution in [0, 0.1) is 6.92 Å². The SMILES string of the molecule is [CH2]CCCCc1occ2ccccc12. The first-order chi connectivity index (χ1) is 6.92. The maximum atomic E-state index is 5.54. The van der Waals surface area contributed by atoms with E-state index in [0.29, 0.717) is 0 Å². The molecule has 0 aliphatic carbocycles. The van der Waals surface area contributed by atoms with Crippen LogP contribution in [0.5, 0.6) is 0 Å². The van der Waals surface area contributed by atoms with Gasteiger partial charge in [-0.1, -0.05) is 44.0 Å². The van der Waals surface area contributed by atoms with Gasteiger partial charge in [0.25, 0.3) is 0 Å². The first-order valence-corrected chi connectivity index (χ1v) is 5.16. The lowest BCUT2D eigenvalue weighted by molar-refractivity contribution is 0.504. The number of aryl methyl sites for hydroxylation is 1. The van der Waals surface area contributed by atoms with Crippen LogP contribution in [0.15, 0.2) is 34.9 Å². The first-order valence-electron chi connectivity index (χ1n) is 5.16. The molecular formula is C13H15O. The zero-order valence-electron chi connectivity index (χ0n) is 8.33. The fourth-order valence-corrected chi connectivity index (χ4v) is 1.71. The molecule has 0 aliphatic heterocycles. The van der Waals surface area contributed by atoms with Gasteiger partial charge in [-0.15, -0.1) is 0 Å². The Morgan fingerprint density at radius 1 is 1.14 bits per heavy atom. The quantitative estimate of drug-likeness (QED) is 0.660. The largest absolute Gasteiger partial charge is 0.468 e. The predicted molar refractivity (Wildman–Crippen MR) is 59.1 cm³/mol. The van der Waals surface area contributed by atoms with Crippen LogP contribution in [0.2, 0.25) is 0 Å². The lowest BCUT2D eigenvalue weighted by Gasteiger charge is -1.96. The van der Waals surface area contributed by atoms with Crippen LogP contribution in [0.3, 0.4) is 0 Å². The molecule has 0 N–H and O–H groups in total. The van der Waals surface area contributed by atoms with Crippen molar-refractivity contribution in [3.63, 3.8) is 0 Å². The minimum atomic E-state index is 1.01. The van der Waals surface area contributed by atoms with Crippen molar-refractivity contribution in [1.82, 2.24) is 0 Å². The minimum Gasteiger partial charge on any atom is -0.468 e. The molecule has 2 rings (SSSR count). The van der Waals surface area contributed by atoms with Crippen molar-refractivity contribution < 1.29 is 4.42 Å². The zero-order chi connectivity index (χ0) is 9.80. The number of hydrogen-bond donors (Lipinski definition) is 0. The van der Waals surface area contributed by atoms with Gasteiger partial charge in [-0.2, -0.15) is 0 Å². The Balaban J connectivity index is 2.17. The summed E-state index contributed by atoms with van der Waals surface area (Å²) in [6.07, 6.45) is 6.23. The summed E-state index contributed by atoms with van der Waals surface area (Å²) in [4.78, 5) is 0. The van der Waals surface area contributed by atoms with Gasteiger partial charge in [-0.05, 0) is 6.42 Å². The van der Waals surface area contributed by atoms with Gasteiger partial charge in [-0.25, -0.2) is 0 Å². The van der Waals surface area contributed by atoms with E-state index < -0.39 is 0 Å². The van der Waals surface area contributed by atoms with Gasteiger partial charge in [0.1, 0.15) is 5.76 Å². The molecule has 1 heterocycles. The summed E-state index contributed by atoms with van der Waals surface area (Å²) >= 11 is 0. The molecule has 0 fully saturated rings. The summed E-state index contributed by atoms with van der Waals surface area (Å²) in [5.74, 6) is 1.12. The summed E-state index contributed by atoms with van der Waals surface area (Å²) in [7, 11) is 0. The van der Waals surface area contributed by atoms with E-state index in [2.05, 4.69) is 25.1 Å². The Morgan fingerprint density at radius 3 is 2.86 bits per heavy atom. The fraction of sp³-hybridized carbons (Fsp3) is 0.308. The molecule has 1 aromatic carbocycles. The Hall–Kier alpha value is -1.24. The lowest BCUT2D eigenvalue weighted by atomic mass is 10.1. The van der Waals surface area contributed by atoms with Crippen LogP contribution in [0.1, 0.15) is 25.0 Å². The maximum Gasteiger partial charge on any atom is 0.111 e. The third-order valence-corrected chi connectivity index (χ3v) is 2.49. The summed E-state index contributed by atoms with van der Waals surface area (Å²) in [6, 6.07) is 8.31. The Labute approximate surface area is 84.7 Å². The van der Waals surface area contributed by atoms with Crippen LogP contribution < -0.4 is 0 Å². The third kappa shape index (κ3) is 1.82. The van der Waals surface area contributed by atoms with E-state index in [1.54, 1.807) is 0 Å². The molecule has 73 valence electrons. The second-order valence-electron chi connectivity index (χ2n) is 3.56. The predicted octanol–water partition coefficient (Wildman–Crippen LogP) is 3.98. The standard InChI is InChI=1S/C13H15O/c1-2-3-4-9-13-12-8-6-5-7-11(12)10-14-13/h5-8,10H,1-4,9H2. The molecular weight excluding hydrogens is 172 g/mol. The summed E-state index contributed by atoms with van der Waals surface area (Å²) in [5.41, 5.74) is 0. The average molecular weight is 187 g/mol. The molecule has 14 heavy (non-hydrogen) atoms. The highest BCUT2D eigenvalue weighted by Gasteiger charge is 2.03. The third-order valence-electron chi connectivity index (χ3n) is 2.49. The molecule has 1 aromatic heterocycles. The van der Waals surface area contributed by atoms with E-state index in [-0.39, 0.29) is 0 Å². The molecule has 0 atom stereocenters. The van der Waals surface area contributed by atoms with E-state index in [1.165, 1.54) is 23.6 Å². The van der Waals surface area contributed by atoms with E-state index in [1.807, 2.05) is 12.3 Å². The highest BCUT2D eigenvalue weighted by atomic mass is 16.3. The van der Waals surface area contributed by atoms with Crippen molar-refractivity contribution in [2.24, 2.45) is 0 Å². The lowest BCUT2D eigenvalue weighted by Crippen LogP contribution is -1.82. The topological polar surface area (TPSA) is 13.1 Å². The highest BCUT2D eigenvalue weighted by molar-refractivity contribution is 5.83. The van der Waals surface area contributed by atoms with E-state index >= 15 is 0 Å². The summed E-state index contributed by atoms with van der Waals surface area (Å²) in [6.45, 7) is 3.84. The summed E-state index contributed by atoms with van der Waals surface area (Å²) in [5, 5.41) is 2.47. The molecule has 0 unspecified atom stereocenters. The van der Waals surface area contributed by atoms with E-state index in [9.17, 15) is 0 Å². The normalized spacial score (nSPS) is 10.9. The molecule has 0 saturated carbocycles. The van der Waals surface area contributed by atoms with Crippen molar-refractivity contribution in [2.75, 3.05) is 0 Å². The average Bonchev–Trinajstić information content (AvgIpc) is 2.63. The second kappa shape index (κ2) is 4.32. The zero-order valence-corrected chi connectivity index (χ0v) is 8.33. The Bertz CT molecular complexity index is 400. The molecule has 1 radical (unpaired) electrons. The monoisotopic (exact) mass is 187 g/mol. The minimum absolute atomic E-state index is 1.01. The number of fused-ring (bicyclic) bond motifs is 1. The van der Waals surface area contributed by atoms with Gasteiger partial charge in [0.15, 0.2) is 0 Å². The molecule has 0 aliphatic rings.